The first-order valence-electron chi connectivity index (χ1n) is 15.2. The van der Waals surface area contributed by atoms with Crippen LogP contribution in [-0.2, 0) is 0 Å². The lowest BCUT2D eigenvalue weighted by atomic mass is 9.61. The molecular formula is C34H67N. The standard InChI is InChI=1S/C34H67N/c1-15-29(6)24-30(7,8)16-18-33(13)20-22-35(28(4)5)23-21-34(14,26-33)19-17-31(9,10)25-32(11,12)27(2)3/h24,27-28H,15-23,25-26H2,1-14H3/b29-24+. The Morgan fingerprint density at radius 1 is 0.857 bits per heavy atom. The highest BCUT2D eigenvalue weighted by Gasteiger charge is 2.40. The Hall–Kier alpha value is -0.300. The molecule has 1 fully saturated rings. The zero-order chi connectivity index (χ0) is 27.3. The van der Waals surface area contributed by atoms with Crippen LogP contribution in [0.15, 0.2) is 11.6 Å². The van der Waals surface area contributed by atoms with Gasteiger partial charge in [0.05, 0.1) is 0 Å². The van der Waals surface area contributed by atoms with Crippen LogP contribution in [0, 0.1) is 33.0 Å². The molecule has 208 valence electrons. The van der Waals surface area contributed by atoms with Gasteiger partial charge in [-0.05, 0) is 125 Å². The largest absolute Gasteiger partial charge is 0.301 e. The maximum Gasteiger partial charge on any atom is 0.00385 e. The molecule has 2 atom stereocenters. The van der Waals surface area contributed by atoms with Gasteiger partial charge in [-0.15, -0.1) is 0 Å². The molecule has 0 radical (unpaired) electrons. The number of likely N-dealkylation sites (tertiary alicyclic amines) is 1. The minimum Gasteiger partial charge on any atom is -0.301 e. The van der Waals surface area contributed by atoms with Gasteiger partial charge in [0.1, 0.15) is 0 Å². The monoisotopic (exact) mass is 490 g/mol. The smallest absolute Gasteiger partial charge is 0.00385 e. The van der Waals surface area contributed by atoms with Crippen molar-refractivity contribution in [2.75, 3.05) is 13.1 Å². The van der Waals surface area contributed by atoms with Gasteiger partial charge in [-0.3, -0.25) is 0 Å². The third-order valence-corrected chi connectivity index (χ3v) is 10.1. The van der Waals surface area contributed by atoms with Gasteiger partial charge >= 0.3 is 0 Å². The second kappa shape index (κ2) is 12.5. The molecule has 0 aromatic carbocycles. The summed E-state index contributed by atoms with van der Waals surface area (Å²) >= 11 is 0. The summed E-state index contributed by atoms with van der Waals surface area (Å²) in [5.74, 6) is 0.732. The van der Waals surface area contributed by atoms with Crippen molar-refractivity contribution < 1.29 is 0 Å². The van der Waals surface area contributed by atoms with Gasteiger partial charge in [0, 0.05) is 6.04 Å². The van der Waals surface area contributed by atoms with Crippen LogP contribution >= 0.6 is 0 Å². The van der Waals surface area contributed by atoms with Gasteiger partial charge in [0.15, 0.2) is 0 Å². The van der Waals surface area contributed by atoms with Gasteiger partial charge in [-0.2, -0.15) is 0 Å². The van der Waals surface area contributed by atoms with Crippen LogP contribution in [0.3, 0.4) is 0 Å². The lowest BCUT2D eigenvalue weighted by Crippen LogP contribution is -2.42. The number of rotatable bonds is 12. The molecule has 0 aromatic rings. The Bertz CT molecular complexity index is 664. The first kappa shape index (κ1) is 32.7. The predicted octanol–water partition coefficient (Wildman–Crippen LogP) is 10.9. The van der Waals surface area contributed by atoms with Gasteiger partial charge in [0.25, 0.3) is 0 Å². The Labute approximate surface area is 223 Å². The molecule has 1 aliphatic heterocycles. The zero-order valence-corrected chi connectivity index (χ0v) is 27.0. The molecule has 0 aliphatic carbocycles. The molecule has 0 bridgehead atoms. The second-order valence-electron chi connectivity index (χ2n) is 16.2. The van der Waals surface area contributed by atoms with Crippen molar-refractivity contribution in [1.82, 2.24) is 4.90 Å². The highest BCUT2D eigenvalue weighted by molar-refractivity contribution is 5.05. The molecule has 0 N–H and O–H groups in total. The predicted molar refractivity (Wildman–Crippen MR) is 160 cm³/mol. The lowest BCUT2D eigenvalue weighted by molar-refractivity contribution is 0.0360. The maximum absolute atomic E-state index is 2.77. The molecule has 1 rings (SSSR count). The van der Waals surface area contributed by atoms with Crippen molar-refractivity contribution in [3.8, 4) is 0 Å². The fourth-order valence-corrected chi connectivity index (χ4v) is 6.72. The van der Waals surface area contributed by atoms with E-state index in [2.05, 4.69) is 108 Å². The third-order valence-electron chi connectivity index (χ3n) is 10.1. The molecule has 1 aliphatic rings. The fourth-order valence-electron chi connectivity index (χ4n) is 6.72. The van der Waals surface area contributed by atoms with E-state index >= 15 is 0 Å². The molecule has 1 saturated heterocycles. The van der Waals surface area contributed by atoms with E-state index < -0.39 is 0 Å². The van der Waals surface area contributed by atoms with Crippen LogP contribution in [0.25, 0.3) is 0 Å². The summed E-state index contributed by atoms with van der Waals surface area (Å²) in [4.78, 5) is 2.77. The molecule has 35 heavy (non-hydrogen) atoms. The van der Waals surface area contributed by atoms with E-state index in [-0.39, 0.29) is 0 Å². The van der Waals surface area contributed by atoms with E-state index in [0.717, 1.165) is 5.92 Å². The van der Waals surface area contributed by atoms with Gasteiger partial charge in [-0.25, -0.2) is 0 Å². The number of nitrogens with zero attached hydrogens (tertiary/aromatic N) is 1. The van der Waals surface area contributed by atoms with Crippen molar-refractivity contribution in [2.24, 2.45) is 33.0 Å². The third kappa shape index (κ3) is 11.3. The Balaban J connectivity index is 3.07. The summed E-state index contributed by atoms with van der Waals surface area (Å²) in [6, 6.07) is 0.650. The Morgan fingerprint density at radius 3 is 1.77 bits per heavy atom. The van der Waals surface area contributed by atoms with Crippen molar-refractivity contribution in [3.63, 3.8) is 0 Å². The van der Waals surface area contributed by atoms with Crippen LogP contribution in [-0.4, -0.2) is 24.0 Å². The van der Waals surface area contributed by atoms with Crippen LogP contribution in [0.2, 0.25) is 0 Å². The first-order chi connectivity index (χ1) is 15.7. The first-order valence-corrected chi connectivity index (χ1v) is 15.2. The van der Waals surface area contributed by atoms with Crippen molar-refractivity contribution in [1.29, 1.82) is 0 Å². The highest BCUT2D eigenvalue weighted by Crippen LogP contribution is 2.50. The van der Waals surface area contributed by atoms with Gasteiger partial charge in [-0.1, -0.05) is 87.8 Å². The number of hydrogen-bond donors (Lipinski definition) is 0. The second-order valence-corrected chi connectivity index (χ2v) is 16.2. The Kier molecular flexibility index (Phi) is 11.7. The fraction of sp³-hybridized carbons (Fsp3) is 0.941. The summed E-state index contributed by atoms with van der Waals surface area (Å²) in [5, 5.41) is 0. The van der Waals surface area contributed by atoms with E-state index in [1.165, 1.54) is 70.9 Å². The highest BCUT2D eigenvalue weighted by atomic mass is 15.1. The van der Waals surface area contributed by atoms with E-state index in [9.17, 15) is 0 Å². The molecule has 0 aromatic heterocycles. The van der Waals surface area contributed by atoms with E-state index in [0.29, 0.717) is 33.1 Å². The summed E-state index contributed by atoms with van der Waals surface area (Å²) < 4.78 is 0. The molecule has 2 unspecified atom stereocenters. The molecule has 1 heteroatoms. The van der Waals surface area contributed by atoms with Crippen LogP contribution in [0.1, 0.15) is 155 Å². The topological polar surface area (TPSA) is 3.24 Å². The molecule has 0 spiro atoms. The number of hydrogen-bond acceptors (Lipinski definition) is 1. The lowest BCUT2D eigenvalue weighted by Gasteiger charge is -2.47. The average molecular weight is 490 g/mol. The van der Waals surface area contributed by atoms with Crippen molar-refractivity contribution in [3.05, 3.63) is 11.6 Å². The minimum atomic E-state index is 0.296. The van der Waals surface area contributed by atoms with Crippen molar-refractivity contribution >= 4 is 0 Å². The van der Waals surface area contributed by atoms with E-state index in [1.54, 1.807) is 5.57 Å². The minimum absolute atomic E-state index is 0.296. The molecule has 1 nitrogen and oxygen atoms in total. The maximum atomic E-state index is 2.77. The van der Waals surface area contributed by atoms with Crippen LogP contribution < -0.4 is 0 Å². The normalized spacial score (nSPS) is 26.3. The molecule has 0 saturated carbocycles. The summed E-state index contributed by atoms with van der Waals surface area (Å²) in [6.45, 7) is 36.9. The number of allylic oxidation sites excluding steroid dienone is 2. The molecular weight excluding hydrogens is 422 g/mol. The SMILES string of the molecule is CC/C(C)=C/C(C)(C)CCC1(C)CCN(C(C)C)CCC(C)(CCC(C)(C)CC(C)(C)C(C)C)C1. The molecule has 1 heterocycles. The van der Waals surface area contributed by atoms with Gasteiger partial charge < -0.3 is 4.90 Å². The van der Waals surface area contributed by atoms with Crippen molar-refractivity contribution in [2.45, 2.75) is 161 Å². The van der Waals surface area contributed by atoms with Gasteiger partial charge in [0.2, 0.25) is 0 Å². The quantitative estimate of drug-likeness (QED) is 0.246. The summed E-state index contributed by atoms with van der Waals surface area (Å²) in [5.41, 5.74) is 3.50. The molecule has 0 amide bonds. The van der Waals surface area contributed by atoms with Crippen LogP contribution in [0.5, 0.6) is 0 Å². The Morgan fingerprint density at radius 2 is 1.34 bits per heavy atom. The zero-order valence-electron chi connectivity index (χ0n) is 27.0. The van der Waals surface area contributed by atoms with E-state index in [1.807, 2.05) is 0 Å². The summed E-state index contributed by atoms with van der Waals surface area (Å²) in [6.07, 6.45) is 14.5. The summed E-state index contributed by atoms with van der Waals surface area (Å²) in [7, 11) is 0. The average Bonchev–Trinajstić information content (AvgIpc) is 2.68. The van der Waals surface area contributed by atoms with Crippen LogP contribution in [0.4, 0.5) is 0 Å². The van der Waals surface area contributed by atoms with E-state index in [4.69, 9.17) is 0 Å².